The van der Waals surface area contributed by atoms with Crippen molar-refractivity contribution in [2.75, 3.05) is 43.4 Å². The van der Waals surface area contributed by atoms with Gasteiger partial charge in [0, 0.05) is 50.7 Å². The Labute approximate surface area is 201 Å². The smallest absolute Gasteiger partial charge is 0.233 e. The standard InChI is InChI=1S/C23H26FN7O2S/c24-18-5-3-17(4-6-18)22-27-28-23(31(22)15-19-2-1-13-33-19)34-16-21(32)30-11-9-29(10-12-30)20-14-25-7-8-26-20/h3-8,14,19H,1-2,9-13,15-16H2. The predicted molar refractivity (Wildman–Crippen MR) is 126 cm³/mol. The van der Waals surface area contributed by atoms with E-state index in [4.69, 9.17) is 4.74 Å². The van der Waals surface area contributed by atoms with Gasteiger partial charge in [-0.1, -0.05) is 11.8 Å². The van der Waals surface area contributed by atoms with Gasteiger partial charge in [0.25, 0.3) is 0 Å². The van der Waals surface area contributed by atoms with Crippen LogP contribution in [-0.4, -0.2) is 80.2 Å². The van der Waals surface area contributed by atoms with Crippen LogP contribution in [-0.2, 0) is 16.1 Å². The van der Waals surface area contributed by atoms with Crippen LogP contribution in [0.4, 0.5) is 10.2 Å². The molecule has 5 rings (SSSR count). The van der Waals surface area contributed by atoms with Crippen LogP contribution in [0.15, 0.2) is 48.0 Å². The summed E-state index contributed by atoms with van der Waals surface area (Å²) < 4.78 is 21.2. The van der Waals surface area contributed by atoms with Crippen LogP contribution in [0.3, 0.4) is 0 Å². The number of halogens is 1. The number of hydrogen-bond acceptors (Lipinski definition) is 8. The molecule has 0 saturated carbocycles. The molecule has 0 radical (unpaired) electrons. The van der Waals surface area contributed by atoms with Gasteiger partial charge in [0.2, 0.25) is 5.91 Å². The minimum atomic E-state index is -0.298. The van der Waals surface area contributed by atoms with Crippen molar-refractivity contribution in [3.63, 3.8) is 0 Å². The number of thioether (sulfide) groups is 1. The Morgan fingerprint density at radius 1 is 1.12 bits per heavy atom. The second-order valence-corrected chi connectivity index (χ2v) is 9.22. The molecule has 0 aliphatic carbocycles. The summed E-state index contributed by atoms with van der Waals surface area (Å²) in [5, 5.41) is 9.39. The molecule has 178 valence electrons. The summed E-state index contributed by atoms with van der Waals surface area (Å²) in [7, 11) is 0. The van der Waals surface area contributed by atoms with E-state index in [1.807, 2.05) is 9.47 Å². The first kappa shape index (κ1) is 22.7. The topological polar surface area (TPSA) is 89.3 Å². The van der Waals surface area contributed by atoms with Crippen LogP contribution in [0.5, 0.6) is 0 Å². The summed E-state index contributed by atoms with van der Waals surface area (Å²) in [6.07, 6.45) is 7.16. The number of ether oxygens (including phenoxy) is 1. The maximum absolute atomic E-state index is 13.4. The summed E-state index contributed by atoms with van der Waals surface area (Å²) in [6, 6.07) is 6.22. The number of anilines is 1. The van der Waals surface area contributed by atoms with Crippen LogP contribution in [0.1, 0.15) is 12.8 Å². The maximum Gasteiger partial charge on any atom is 0.233 e. The van der Waals surface area contributed by atoms with Gasteiger partial charge in [-0.15, -0.1) is 10.2 Å². The molecule has 0 N–H and O–H groups in total. The fourth-order valence-corrected chi connectivity index (χ4v) is 5.07. The van der Waals surface area contributed by atoms with E-state index in [-0.39, 0.29) is 23.6 Å². The van der Waals surface area contributed by atoms with Gasteiger partial charge in [0.05, 0.1) is 24.6 Å². The first-order valence-corrected chi connectivity index (χ1v) is 12.4. The highest BCUT2D eigenvalue weighted by Crippen LogP contribution is 2.27. The van der Waals surface area contributed by atoms with E-state index in [0.717, 1.165) is 43.9 Å². The van der Waals surface area contributed by atoms with E-state index in [2.05, 4.69) is 25.1 Å². The first-order chi connectivity index (χ1) is 16.7. The van der Waals surface area contributed by atoms with Crippen LogP contribution in [0.2, 0.25) is 0 Å². The zero-order chi connectivity index (χ0) is 23.3. The van der Waals surface area contributed by atoms with Crippen molar-refractivity contribution < 1.29 is 13.9 Å². The molecule has 9 nitrogen and oxygen atoms in total. The van der Waals surface area contributed by atoms with E-state index >= 15 is 0 Å². The van der Waals surface area contributed by atoms with Crippen molar-refractivity contribution in [2.24, 2.45) is 0 Å². The van der Waals surface area contributed by atoms with Gasteiger partial charge >= 0.3 is 0 Å². The number of aromatic nitrogens is 5. The summed E-state index contributed by atoms with van der Waals surface area (Å²) in [4.78, 5) is 25.4. The van der Waals surface area contributed by atoms with E-state index < -0.39 is 0 Å². The molecule has 0 spiro atoms. The minimum Gasteiger partial charge on any atom is -0.376 e. The summed E-state index contributed by atoms with van der Waals surface area (Å²) >= 11 is 1.38. The Balaban J connectivity index is 1.24. The number of carbonyl (C=O) groups is 1. The average molecular weight is 484 g/mol. The van der Waals surface area contributed by atoms with Crippen molar-refractivity contribution in [1.82, 2.24) is 29.6 Å². The van der Waals surface area contributed by atoms with Crippen molar-refractivity contribution >= 4 is 23.5 Å². The predicted octanol–water partition coefficient (Wildman–Crippen LogP) is 2.49. The molecule has 2 aromatic heterocycles. The second kappa shape index (κ2) is 10.5. The largest absolute Gasteiger partial charge is 0.376 e. The van der Waals surface area contributed by atoms with Gasteiger partial charge in [-0.2, -0.15) is 0 Å². The van der Waals surface area contributed by atoms with Crippen LogP contribution < -0.4 is 4.90 Å². The number of rotatable bonds is 7. The first-order valence-electron chi connectivity index (χ1n) is 11.4. The third-order valence-corrected chi connectivity index (χ3v) is 7.01. The molecule has 1 atom stereocenters. The zero-order valence-corrected chi connectivity index (χ0v) is 19.5. The Bertz CT molecular complexity index is 1100. The molecule has 34 heavy (non-hydrogen) atoms. The molecule has 1 unspecified atom stereocenters. The Hall–Kier alpha value is -3.05. The van der Waals surface area contributed by atoms with Gasteiger partial charge in [-0.25, -0.2) is 9.37 Å². The molecule has 2 aliphatic heterocycles. The lowest BCUT2D eigenvalue weighted by Crippen LogP contribution is -2.49. The number of benzene rings is 1. The molecule has 2 aliphatic rings. The van der Waals surface area contributed by atoms with Crippen molar-refractivity contribution in [1.29, 1.82) is 0 Å². The minimum absolute atomic E-state index is 0.0683. The molecule has 1 aromatic carbocycles. The molecule has 3 aromatic rings. The fraction of sp³-hybridized carbons (Fsp3) is 0.435. The van der Waals surface area contributed by atoms with Crippen molar-refractivity contribution in [3.05, 3.63) is 48.7 Å². The average Bonchev–Trinajstić information content (AvgIpc) is 3.54. The summed E-state index contributed by atoms with van der Waals surface area (Å²) in [5.74, 6) is 1.54. The molecule has 11 heteroatoms. The quantitative estimate of drug-likeness (QED) is 0.474. The third-order valence-electron chi connectivity index (χ3n) is 6.06. The summed E-state index contributed by atoms with van der Waals surface area (Å²) in [5.41, 5.74) is 0.783. The van der Waals surface area contributed by atoms with E-state index in [1.165, 1.54) is 23.9 Å². The normalized spacial score (nSPS) is 18.4. The molecular formula is C23H26FN7O2S. The highest BCUT2D eigenvalue weighted by Gasteiger charge is 2.25. The molecule has 2 saturated heterocycles. The molecule has 0 bridgehead atoms. The molecular weight excluding hydrogens is 457 g/mol. The van der Waals surface area contributed by atoms with Gasteiger partial charge in [0.1, 0.15) is 11.6 Å². The SMILES string of the molecule is O=C(CSc1nnc(-c2ccc(F)cc2)n1CC1CCCO1)N1CCN(c2cnccn2)CC1. The van der Waals surface area contributed by atoms with Crippen molar-refractivity contribution in [3.8, 4) is 11.4 Å². The number of carbonyl (C=O) groups excluding carboxylic acids is 1. The lowest BCUT2D eigenvalue weighted by Gasteiger charge is -2.35. The van der Waals surface area contributed by atoms with Crippen molar-refractivity contribution in [2.45, 2.75) is 30.6 Å². The molecule has 1 amide bonds. The fourth-order valence-electron chi connectivity index (χ4n) is 4.22. The summed E-state index contributed by atoms with van der Waals surface area (Å²) in [6.45, 7) is 4.07. The van der Waals surface area contributed by atoms with Gasteiger partial charge in [-0.05, 0) is 37.1 Å². The lowest BCUT2D eigenvalue weighted by molar-refractivity contribution is -0.128. The van der Waals surface area contributed by atoms with Crippen LogP contribution >= 0.6 is 11.8 Å². The van der Waals surface area contributed by atoms with E-state index in [0.29, 0.717) is 30.6 Å². The highest BCUT2D eigenvalue weighted by atomic mass is 32.2. The Kier molecular flexibility index (Phi) is 7.00. The number of piperazine rings is 1. The lowest BCUT2D eigenvalue weighted by atomic mass is 10.2. The maximum atomic E-state index is 13.4. The molecule has 2 fully saturated rings. The van der Waals surface area contributed by atoms with Crippen LogP contribution in [0.25, 0.3) is 11.4 Å². The number of hydrogen-bond donors (Lipinski definition) is 0. The number of amides is 1. The van der Waals surface area contributed by atoms with Gasteiger partial charge in [-0.3, -0.25) is 14.3 Å². The van der Waals surface area contributed by atoms with E-state index in [9.17, 15) is 9.18 Å². The van der Waals surface area contributed by atoms with Crippen LogP contribution in [0, 0.1) is 5.82 Å². The van der Waals surface area contributed by atoms with Gasteiger partial charge < -0.3 is 14.5 Å². The van der Waals surface area contributed by atoms with Gasteiger partial charge in [0.15, 0.2) is 11.0 Å². The second-order valence-electron chi connectivity index (χ2n) is 8.28. The Morgan fingerprint density at radius 3 is 2.65 bits per heavy atom. The zero-order valence-electron chi connectivity index (χ0n) is 18.7. The van der Waals surface area contributed by atoms with E-state index in [1.54, 1.807) is 30.7 Å². The third kappa shape index (κ3) is 5.20. The number of nitrogens with zero attached hydrogens (tertiary/aromatic N) is 7. The monoisotopic (exact) mass is 483 g/mol. The highest BCUT2D eigenvalue weighted by molar-refractivity contribution is 7.99. The molecule has 4 heterocycles. The Morgan fingerprint density at radius 2 is 1.94 bits per heavy atom.